The van der Waals surface area contributed by atoms with Crippen molar-refractivity contribution in [2.45, 2.75) is 13.3 Å². The Morgan fingerprint density at radius 1 is 1.30 bits per heavy atom. The van der Waals surface area contributed by atoms with Gasteiger partial charge >= 0.3 is 0 Å². The van der Waals surface area contributed by atoms with Gasteiger partial charge in [0.1, 0.15) is 17.5 Å². The van der Waals surface area contributed by atoms with Crippen LogP contribution in [0.3, 0.4) is 0 Å². The molecule has 27 heavy (non-hydrogen) atoms. The van der Waals surface area contributed by atoms with Crippen LogP contribution in [-0.2, 0) is 4.79 Å². The summed E-state index contributed by atoms with van der Waals surface area (Å²) in [4.78, 5) is 12.3. The number of hydrogen-bond donors (Lipinski definition) is 1. The predicted molar refractivity (Wildman–Crippen MR) is 102 cm³/mol. The summed E-state index contributed by atoms with van der Waals surface area (Å²) in [6.45, 7) is 2.55. The molecule has 0 aromatic heterocycles. The molecule has 0 saturated carbocycles. The molecule has 0 aliphatic rings. The number of carbonyl (C=O) groups is 1. The molecule has 2 rings (SSSR count). The molecule has 140 valence electrons. The maximum absolute atomic E-state index is 13.2. The Morgan fingerprint density at radius 2 is 2.07 bits per heavy atom. The first-order valence-corrected chi connectivity index (χ1v) is 8.55. The topological polar surface area (TPSA) is 71.3 Å². The fraction of sp³-hybridized carbons (Fsp3) is 0.200. The van der Waals surface area contributed by atoms with Crippen molar-refractivity contribution in [1.29, 1.82) is 5.26 Å². The van der Waals surface area contributed by atoms with Crippen molar-refractivity contribution in [2.24, 2.45) is 0 Å². The molecule has 0 heterocycles. The summed E-state index contributed by atoms with van der Waals surface area (Å²) < 4.78 is 24.1. The van der Waals surface area contributed by atoms with Crippen molar-refractivity contribution in [3.8, 4) is 17.6 Å². The molecule has 2 aromatic rings. The van der Waals surface area contributed by atoms with Gasteiger partial charge < -0.3 is 14.8 Å². The van der Waals surface area contributed by atoms with Crippen molar-refractivity contribution in [2.75, 3.05) is 19.0 Å². The molecule has 0 radical (unpaired) electrons. The van der Waals surface area contributed by atoms with E-state index in [4.69, 9.17) is 21.1 Å². The zero-order chi connectivity index (χ0) is 19.8. The highest BCUT2D eigenvalue weighted by atomic mass is 35.5. The average Bonchev–Trinajstić information content (AvgIpc) is 2.67. The van der Waals surface area contributed by atoms with E-state index in [0.29, 0.717) is 23.7 Å². The van der Waals surface area contributed by atoms with Crippen LogP contribution in [0, 0.1) is 17.1 Å². The van der Waals surface area contributed by atoms with Crippen LogP contribution in [0.5, 0.6) is 11.5 Å². The predicted octanol–water partition coefficient (Wildman–Crippen LogP) is 4.82. The van der Waals surface area contributed by atoms with E-state index in [9.17, 15) is 14.4 Å². The summed E-state index contributed by atoms with van der Waals surface area (Å²) in [7, 11) is 1.51. The van der Waals surface area contributed by atoms with Crippen LogP contribution < -0.4 is 14.8 Å². The number of methoxy groups -OCH3 is 1. The molecule has 0 aliphatic carbocycles. The lowest BCUT2D eigenvalue weighted by Gasteiger charge is -2.10. The maximum Gasteiger partial charge on any atom is 0.266 e. The molecule has 5 nitrogen and oxygen atoms in total. The first-order chi connectivity index (χ1) is 13.0. The van der Waals surface area contributed by atoms with Crippen molar-refractivity contribution in [1.82, 2.24) is 0 Å². The lowest BCUT2D eigenvalue weighted by molar-refractivity contribution is -0.112. The molecule has 0 spiro atoms. The summed E-state index contributed by atoms with van der Waals surface area (Å²) in [6, 6.07) is 10.7. The third-order valence-corrected chi connectivity index (χ3v) is 3.79. The van der Waals surface area contributed by atoms with E-state index in [1.807, 2.05) is 13.0 Å². The van der Waals surface area contributed by atoms with Gasteiger partial charge in [0.2, 0.25) is 0 Å². The first kappa shape index (κ1) is 20.3. The Hall–Kier alpha value is -3.04. The smallest absolute Gasteiger partial charge is 0.266 e. The second-order valence-corrected chi connectivity index (χ2v) is 5.92. The number of nitriles is 1. The van der Waals surface area contributed by atoms with Crippen molar-refractivity contribution >= 4 is 29.3 Å². The summed E-state index contributed by atoms with van der Waals surface area (Å²) in [5, 5.41) is 11.7. The Kier molecular flexibility index (Phi) is 7.21. The van der Waals surface area contributed by atoms with E-state index in [0.717, 1.165) is 12.5 Å². The number of nitrogens with zero attached hydrogens (tertiary/aromatic N) is 1. The van der Waals surface area contributed by atoms with Gasteiger partial charge in [-0.1, -0.05) is 24.6 Å². The Bertz CT molecular complexity index is 907. The summed E-state index contributed by atoms with van der Waals surface area (Å²) in [5.74, 6) is -0.144. The number of halogens is 2. The summed E-state index contributed by atoms with van der Waals surface area (Å²) in [5.41, 5.74) is 0.757. The zero-order valence-corrected chi connectivity index (χ0v) is 15.6. The average molecular weight is 389 g/mol. The fourth-order valence-electron chi connectivity index (χ4n) is 2.19. The number of anilines is 1. The quantitative estimate of drug-likeness (QED) is 0.545. The molecule has 0 aliphatic heterocycles. The van der Waals surface area contributed by atoms with Gasteiger partial charge in [-0.3, -0.25) is 4.79 Å². The number of ether oxygens (including phenoxy) is 2. The minimum Gasteiger partial charge on any atom is -0.493 e. The largest absolute Gasteiger partial charge is 0.493 e. The normalized spacial score (nSPS) is 10.9. The standard InChI is InChI=1S/C20H18ClFN2O3/c1-3-8-27-18-7-4-13(10-19(18)26-2)9-14(12-23)20(25)24-15-5-6-17(22)16(21)11-15/h4-7,9-11H,3,8H2,1-2H3,(H,24,25). The highest BCUT2D eigenvalue weighted by Gasteiger charge is 2.12. The molecule has 0 saturated heterocycles. The van der Waals surface area contributed by atoms with E-state index >= 15 is 0 Å². The van der Waals surface area contributed by atoms with E-state index in [2.05, 4.69) is 5.32 Å². The van der Waals surface area contributed by atoms with Gasteiger partial charge in [-0.25, -0.2) is 4.39 Å². The number of rotatable bonds is 7. The van der Waals surface area contributed by atoms with Crippen LogP contribution in [0.1, 0.15) is 18.9 Å². The first-order valence-electron chi connectivity index (χ1n) is 8.17. The van der Waals surface area contributed by atoms with Gasteiger partial charge in [-0.05, 0) is 48.4 Å². The van der Waals surface area contributed by atoms with Crippen LogP contribution >= 0.6 is 11.6 Å². The number of nitrogens with one attached hydrogen (secondary N) is 1. The Labute approximate surface area is 162 Å². The lowest BCUT2D eigenvalue weighted by atomic mass is 10.1. The fourth-order valence-corrected chi connectivity index (χ4v) is 2.37. The van der Waals surface area contributed by atoms with Gasteiger partial charge in [0.05, 0.1) is 18.7 Å². The SMILES string of the molecule is CCCOc1ccc(C=C(C#N)C(=O)Nc2ccc(F)c(Cl)c2)cc1OC. The molecule has 0 bridgehead atoms. The Morgan fingerprint density at radius 3 is 2.70 bits per heavy atom. The third kappa shape index (κ3) is 5.47. The minimum atomic E-state index is -0.634. The number of amides is 1. The van der Waals surface area contributed by atoms with Gasteiger partial charge in [-0.15, -0.1) is 0 Å². The molecular formula is C20H18ClFN2O3. The van der Waals surface area contributed by atoms with Gasteiger partial charge in [0.25, 0.3) is 5.91 Å². The summed E-state index contributed by atoms with van der Waals surface area (Å²) in [6.07, 6.45) is 2.28. The van der Waals surface area contributed by atoms with Crippen LogP contribution in [0.2, 0.25) is 5.02 Å². The molecule has 0 unspecified atom stereocenters. The maximum atomic E-state index is 13.2. The van der Waals surface area contributed by atoms with E-state index < -0.39 is 11.7 Å². The summed E-state index contributed by atoms with van der Waals surface area (Å²) >= 11 is 5.69. The van der Waals surface area contributed by atoms with Gasteiger partial charge in [0.15, 0.2) is 11.5 Å². The second-order valence-electron chi connectivity index (χ2n) is 5.51. The van der Waals surface area contributed by atoms with Crippen LogP contribution in [0.25, 0.3) is 6.08 Å². The van der Waals surface area contributed by atoms with Crippen LogP contribution in [0.4, 0.5) is 10.1 Å². The molecule has 7 heteroatoms. The third-order valence-electron chi connectivity index (χ3n) is 3.50. The van der Waals surface area contributed by atoms with E-state index in [1.165, 1.54) is 25.3 Å². The van der Waals surface area contributed by atoms with E-state index in [-0.39, 0.29) is 16.3 Å². The molecule has 1 N–H and O–H groups in total. The highest BCUT2D eigenvalue weighted by Crippen LogP contribution is 2.29. The second kappa shape index (κ2) is 9.60. The zero-order valence-electron chi connectivity index (χ0n) is 14.9. The molecule has 0 atom stereocenters. The highest BCUT2D eigenvalue weighted by molar-refractivity contribution is 6.31. The molecular weight excluding hydrogens is 371 g/mol. The molecule has 0 fully saturated rings. The monoisotopic (exact) mass is 388 g/mol. The Balaban J connectivity index is 2.22. The number of carbonyl (C=O) groups excluding carboxylic acids is 1. The van der Waals surface area contributed by atoms with Gasteiger partial charge in [0, 0.05) is 5.69 Å². The molecule has 1 amide bonds. The van der Waals surface area contributed by atoms with Crippen LogP contribution in [0.15, 0.2) is 42.0 Å². The number of benzene rings is 2. The lowest BCUT2D eigenvalue weighted by Crippen LogP contribution is -2.13. The van der Waals surface area contributed by atoms with Crippen molar-refractivity contribution in [3.05, 3.63) is 58.4 Å². The van der Waals surface area contributed by atoms with E-state index in [1.54, 1.807) is 18.2 Å². The number of hydrogen-bond acceptors (Lipinski definition) is 4. The van der Waals surface area contributed by atoms with Crippen molar-refractivity contribution in [3.63, 3.8) is 0 Å². The minimum absolute atomic E-state index is 0.123. The van der Waals surface area contributed by atoms with Gasteiger partial charge in [-0.2, -0.15) is 5.26 Å². The molecule has 2 aromatic carbocycles. The van der Waals surface area contributed by atoms with Crippen molar-refractivity contribution < 1.29 is 18.7 Å². The van der Waals surface area contributed by atoms with Crippen LogP contribution in [-0.4, -0.2) is 19.6 Å².